The van der Waals surface area contributed by atoms with E-state index in [1.54, 1.807) is 0 Å². The Kier molecular flexibility index (Phi) is 3.66. The van der Waals surface area contributed by atoms with Gasteiger partial charge in [-0.1, -0.05) is 30.3 Å². The molecule has 1 fully saturated rings. The van der Waals surface area contributed by atoms with Gasteiger partial charge in [0.2, 0.25) is 0 Å². The molecule has 20 heavy (non-hydrogen) atoms. The minimum absolute atomic E-state index is 0.00466. The van der Waals surface area contributed by atoms with Crippen LogP contribution in [0.2, 0.25) is 0 Å². The Labute approximate surface area is 127 Å². The third-order valence-electron chi connectivity index (χ3n) is 3.64. The van der Waals surface area contributed by atoms with Crippen LogP contribution in [0.4, 0.5) is 0 Å². The molecule has 0 aliphatic heterocycles. The number of carbonyl (C=O) groups is 1. The Morgan fingerprint density at radius 2 is 2.05 bits per heavy atom. The predicted octanol–water partition coefficient (Wildman–Crippen LogP) is 4.08. The maximum Gasteiger partial charge on any atom is 0.268 e. The van der Waals surface area contributed by atoms with E-state index < -0.39 is 0 Å². The van der Waals surface area contributed by atoms with Gasteiger partial charge in [-0.3, -0.25) is 4.79 Å². The fraction of sp³-hybridized carbons (Fsp3) is 0.312. The molecule has 1 aliphatic carbocycles. The Hall–Kier alpha value is -1.55. The van der Waals surface area contributed by atoms with Crippen LogP contribution in [0.25, 0.3) is 0 Å². The second-order valence-electron chi connectivity index (χ2n) is 5.29. The van der Waals surface area contributed by atoms with E-state index in [-0.39, 0.29) is 11.9 Å². The molecule has 0 radical (unpaired) electrons. The van der Waals surface area contributed by atoms with Crippen LogP contribution in [0.15, 0.2) is 47.1 Å². The Balaban J connectivity index is 1.76. The molecule has 3 rings (SSSR count). The number of nitrogens with zero attached hydrogens (tertiary/aromatic N) is 1. The monoisotopic (exact) mass is 332 g/mol. The topological polar surface area (TPSA) is 34.0 Å². The van der Waals surface area contributed by atoms with Crippen LogP contribution >= 0.6 is 15.9 Å². The van der Waals surface area contributed by atoms with E-state index in [0.29, 0.717) is 6.04 Å². The molecule has 1 unspecified atom stereocenters. The average Bonchev–Trinajstić information content (AvgIpc) is 3.22. The minimum Gasteiger partial charge on any atom is -0.344 e. The number of hydrogen-bond donors (Lipinski definition) is 1. The van der Waals surface area contributed by atoms with Crippen molar-refractivity contribution in [1.82, 2.24) is 9.88 Å². The number of carbonyl (C=O) groups excluding carboxylic acids is 1. The van der Waals surface area contributed by atoms with Crippen molar-refractivity contribution in [3.8, 4) is 0 Å². The average molecular weight is 333 g/mol. The number of aromatic nitrogens is 1. The van der Waals surface area contributed by atoms with Crippen LogP contribution in [-0.2, 0) is 0 Å². The van der Waals surface area contributed by atoms with Gasteiger partial charge in [0.15, 0.2) is 0 Å². The summed E-state index contributed by atoms with van der Waals surface area (Å²) >= 11 is 3.46. The van der Waals surface area contributed by atoms with Gasteiger partial charge in [0.25, 0.3) is 5.91 Å². The third kappa shape index (κ3) is 2.80. The van der Waals surface area contributed by atoms with Crippen molar-refractivity contribution in [2.45, 2.75) is 31.8 Å². The van der Waals surface area contributed by atoms with E-state index in [0.717, 1.165) is 28.6 Å². The summed E-state index contributed by atoms with van der Waals surface area (Å²) in [4.78, 5) is 12.4. The summed E-state index contributed by atoms with van der Waals surface area (Å²) in [5.41, 5.74) is 1.85. The van der Waals surface area contributed by atoms with Crippen molar-refractivity contribution in [2.24, 2.45) is 0 Å². The highest BCUT2D eigenvalue weighted by Crippen LogP contribution is 2.37. The first kappa shape index (κ1) is 13.4. The molecule has 1 saturated carbocycles. The molecule has 0 spiro atoms. The van der Waals surface area contributed by atoms with Gasteiger partial charge in [0, 0.05) is 16.7 Å². The van der Waals surface area contributed by atoms with Crippen LogP contribution in [-0.4, -0.2) is 10.5 Å². The molecule has 2 aromatic rings. The summed E-state index contributed by atoms with van der Waals surface area (Å²) in [6.45, 7) is 2.01. The highest BCUT2D eigenvalue weighted by Gasteiger charge is 2.28. The van der Waals surface area contributed by atoms with Crippen molar-refractivity contribution < 1.29 is 4.79 Å². The smallest absolute Gasteiger partial charge is 0.268 e. The van der Waals surface area contributed by atoms with Crippen LogP contribution in [0.3, 0.4) is 0 Å². The van der Waals surface area contributed by atoms with Gasteiger partial charge in [-0.25, -0.2) is 0 Å². The largest absolute Gasteiger partial charge is 0.344 e. The van der Waals surface area contributed by atoms with E-state index in [1.807, 2.05) is 49.5 Å². The van der Waals surface area contributed by atoms with Crippen molar-refractivity contribution in [2.75, 3.05) is 0 Å². The molecule has 1 N–H and O–H groups in total. The lowest BCUT2D eigenvalue weighted by molar-refractivity contribution is 0.0930. The lowest BCUT2D eigenvalue weighted by atomic mass is 10.1. The molecule has 3 nitrogen and oxygen atoms in total. The zero-order valence-electron chi connectivity index (χ0n) is 11.3. The first-order valence-corrected chi connectivity index (χ1v) is 7.67. The highest BCUT2D eigenvalue weighted by molar-refractivity contribution is 9.10. The van der Waals surface area contributed by atoms with Crippen LogP contribution < -0.4 is 5.32 Å². The molecule has 104 valence electrons. The van der Waals surface area contributed by atoms with Gasteiger partial charge in [0.05, 0.1) is 6.04 Å². The zero-order chi connectivity index (χ0) is 14.1. The summed E-state index contributed by atoms with van der Waals surface area (Å²) < 4.78 is 3.04. The van der Waals surface area contributed by atoms with E-state index in [4.69, 9.17) is 0 Å². The summed E-state index contributed by atoms with van der Waals surface area (Å²) in [7, 11) is 0. The molecule has 0 saturated heterocycles. The number of hydrogen-bond acceptors (Lipinski definition) is 1. The van der Waals surface area contributed by atoms with Gasteiger partial charge in [-0.05, 0) is 47.3 Å². The Morgan fingerprint density at radius 1 is 1.35 bits per heavy atom. The van der Waals surface area contributed by atoms with Gasteiger partial charge >= 0.3 is 0 Å². The SMILES string of the molecule is CC(NC(=O)c1cc(Br)cn1C1CC1)c1ccccc1. The number of nitrogens with one attached hydrogen (secondary N) is 1. The molecule has 1 aromatic carbocycles. The zero-order valence-corrected chi connectivity index (χ0v) is 12.9. The number of halogens is 1. The molecule has 1 amide bonds. The maximum atomic E-state index is 12.4. The number of benzene rings is 1. The summed E-state index contributed by atoms with van der Waals surface area (Å²) in [6.07, 6.45) is 4.32. The third-order valence-corrected chi connectivity index (χ3v) is 4.07. The lowest BCUT2D eigenvalue weighted by Gasteiger charge is -2.15. The minimum atomic E-state index is -0.0149. The van der Waals surface area contributed by atoms with Gasteiger partial charge < -0.3 is 9.88 Å². The second-order valence-corrected chi connectivity index (χ2v) is 6.20. The van der Waals surface area contributed by atoms with E-state index in [2.05, 4.69) is 25.8 Å². The number of rotatable bonds is 4. The van der Waals surface area contributed by atoms with Gasteiger partial charge in [0.1, 0.15) is 5.69 Å². The maximum absolute atomic E-state index is 12.4. The summed E-state index contributed by atoms with van der Waals surface area (Å²) in [5, 5.41) is 3.07. The Bertz CT molecular complexity index is 617. The predicted molar refractivity (Wildman–Crippen MR) is 82.7 cm³/mol. The summed E-state index contributed by atoms with van der Waals surface area (Å²) in [6, 6.07) is 12.4. The Morgan fingerprint density at radius 3 is 2.70 bits per heavy atom. The highest BCUT2D eigenvalue weighted by atomic mass is 79.9. The van der Waals surface area contributed by atoms with E-state index >= 15 is 0 Å². The standard InChI is InChI=1S/C16H17BrN2O/c1-11(12-5-3-2-4-6-12)18-16(20)15-9-13(17)10-19(15)14-7-8-14/h2-6,9-11,14H,7-8H2,1H3,(H,18,20). The van der Waals surface area contributed by atoms with Crippen LogP contribution in [0.1, 0.15) is 47.9 Å². The second kappa shape index (κ2) is 5.44. The van der Waals surface area contributed by atoms with Crippen molar-refractivity contribution in [1.29, 1.82) is 0 Å². The molecular weight excluding hydrogens is 316 g/mol. The molecule has 0 bridgehead atoms. The number of amides is 1. The van der Waals surface area contributed by atoms with Crippen molar-refractivity contribution >= 4 is 21.8 Å². The van der Waals surface area contributed by atoms with E-state index in [1.165, 1.54) is 0 Å². The first-order valence-electron chi connectivity index (χ1n) is 6.88. The van der Waals surface area contributed by atoms with Crippen LogP contribution in [0.5, 0.6) is 0 Å². The quantitative estimate of drug-likeness (QED) is 0.899. The van der Waals surface area contributed by atoms with Crippen molar-refractivity contribution in [3.05, 3.63) is 58.3 Å². The fourth-order valence-corrected chi connectivity index (χ4v) is 2.82. The molecular formula is C16H17BrN2O. The van der Waals surface area contributed by atoms with E-state index in [9.17, 15) is 4.79 Å². The van der Waals surface area contributed by atoms with Crippen molar-refractivity contribution in [3.63, 3.8) is 0 Å². The molecule has 1 aromatic heterocycles. The molecule has 1 atom stereocenters. The molecule has 1 heterocycles. The van der Waals surface area contributed by atoms with Crippen LogP contribution in [0, 0.1) is 0 Å². The van der Waals surface area contributed by atoms with Gasteiger partial charge in [-0.15, -0.1) is 0 Å². The lowest BCUT2D eigenvalue weighted by Crippen LogP contribution is -2.28. The van der Waals surface area contributed by atoms with Gasteiger partial charge in [-0.2, -0.15) is 0 Å². The first-order chi connectivity index (χ1) is 9.65. The molecule has 1 aliphatic rings. The summed E-state index contributed by atoms with van der Waals surface area (Å²) in [5.74, 6) is -0.0149. The normalized spacial score (nSPS) is 15.9. The molecule has 4 heteroatoms. The fourth-order valence-electron chi connectivity index (χ4n) is 2.38.